The Morgan fingerprint density at radius 3 is 2.80 bits per heavy atom. The van der Waals surface area contributed by atoms with Crippen LogP contribution in [-0.2, 0) is 9.53 Å². The molecule has 2 aromatic rings. The summed E-state index contributed by atoms with van der Waals surface area (Å²) < 4.78 is 11.3. The van der Waals surface area contributed by atoms with E-state index in [2.05, 4.69) is 22.5 Å². The third kappa shape index (κ3) is 5.15. The van der Waals surface area contributed by atoms with Crippen molar-refractivity contribution in [3.8, 4) is 17.7 Å². The van der Waals surface area contributed by atoms with Crippen LogP contribution in [0.4, 0.5) is 5.82 Å². The molecule has 35 heavy (non-hydrogen) atoms. The van der Waals surface area contributed by atoms with Gasteiger partial charge in [0.25, 0.3) is 0 Å². The normalized spacial score (nSPS) is 19.8. The van der Waals surface area contributed by atoms with E-state index < -0.39 is 0 Å². The molecule has 1 saturated heterocycles. The summed E-state index contributed by atoms with van der Waals surface area (Å²) >= 11 is 0. The molecule has 0 bridgehead atoms. The highest BCUT2D eigenvalue weighted by Gasteiger charge is 2.41. The minimum atomic E-state index is 0.146. The maximum absolute atomic E-state index is 12.8. The first-order valence-electron chi connectivity index (χ1n) is 12.4. The van der Waals surface area contributed by atoms with Gasteiger partial charge in [-0.2, -0.15) is 5.26 Å². The van der Waals surface area contributed by atoms with Gasteiger partial charge >= 0.3 is 0 Å². The van der Waals surface area contributed by atoms with Gasteiger partial charge in [0.15, 0.2) is 5.75 Å². The average molecular weight is 474 g/mol. The quantitative estimate of drug-likeness (QED) is 0.541. The molecule has 3 aliphatic rings. The lowest BCUT2D eigenvalue weighted by Crippen LogP contribution is -2.56. The van der Waals surface area contributed by atoms with Gasteiger partial charge in [0.2, 0.25) is 11.8 Å². The van der Waals surface area contributed by atoms with Crippen LogP contribution in [0.3, 0.4) is 0 Å². The molecule has 2 saturated carbocycles. The van der Waals surface area contributed by atoms with Crippen molar-refractivity contribution >= 4 is 17.8 Å². The van der Waals surface area contributed by atoms with Gasteiger partial charge in [-0.3, -0.25) is 4.79 Å². The van der Waals surface area contributed by atoms with Gasteiger partial charge < -0.3 is 19.3 Å². The van der Waals surface area contributed by atoms with Crippen LogP contribution < -0.4 is 9.64 Å². The highest BCUT2D eigenvalue weighted by Crippen LogP contribution is 2.46. The fourth-order valence-electron chi connectivity index (χ4n) is 4.80. The number of amides is 1. The molecule has 1 amide bonds. The van der Waals surface area contributed by atoms with Crippen molar-refractivity contribution in [2.75, 3.05) is 38.3 Å². The molecule has 2 aromatic heterocycles. The third-order valence-electron chi connectivity index (χ3n) is 7.01. The summed E-state index contributed by atoms with van der Waals surface area (Å²) in [7, 11) is 1.62. The molecule has 8 heteroatoms. The molecule has 5 rings (SSSR count). The zero-order chi connectivity index (χ0) is 24.4. The van der Waals surface area contributed by atoms with Crippen LogP contribution >= 0.6 is 0 Å². The predicted molar refractivity (Wildman–Crippen MR) is 132 cm³/mol. The lowest BCUT2D eigenvalue weighted by Gasteiger charge is -2.42. The summed E-state index contributed by atoms with van der Waals surface area (Å²) in [5.41, 5.74) is 2.28. The van der Waals surface area contributed by atoms with Crippen molar-refractivity contribution in [3.05, 3.63) is 47.8 Å². The smallest absolute Gasteiger partial charge is 0.225 e. The Morgan fingerprint density at radius 1 is 1.29 bits per heavy atom. The molecule has 0 aromatic carbocycles. The van der Waals surface area contributed by atoms with Gasteiger partial charge in [-0.05, 0) is 43.2 Å². The Balaban J connectivity index is 1.42. The lowest BCUT2D eigenvalue weighted by molar-refractivity contribution is -0.135. The molecular formula is C27H31N5O3. The van der Waals surface area contributed by atoms with Gasteiger partial charge in [0, 0.05) is 51.0 Å². The summed E-state index contributed by atoms with van der Waals surface area (Å²) in [6.07, 6.45) is 8.23. The number of aromatic nitrogens is 2. The number of piperazine rings is 1. The minimum Gasteiger partial charge on any atom is -0.437 e. The maximum atomic E-state index is 12.8. The number of pyridine rings is 2. The number of nitrogens with zero attached hydrogens (tertiary/aromatic N) is 5. The van der Waals surface area contributed by atoms with E-state index >= 15 is 0 Å². The van der Waals surface area contributed by atoms with E-state index in [1.165, 1.54) is 0 Å². The van der Waals surface area contributed by atoms with Crippen molar-refractivity contribution < 1.29 is 14.3 Å². The van der Waals surface area contributed by atoms with Crippen LogP contribution in [0.25, 0.3) is 6.08 Å². The highest BCUT2D eigenvalue weighted by molar-refractivity contribution is 5.77. The maximum Gasteiger partial charge on any atom is 0.225 e. The molecule has 0 unspecified atom stereocenters. The number of methoxy groups -OCH3 is 1. The van der Waals surface area contributed by atoms with Crippen LogP contribution in [0.2, 0.25) is 0 Å². The van der Waals surface area contributed by atoms with E-state index in [1.807, 2.05) is 17.0 Å². The number of hydrogen-bond donors (Lipinski definition) is 0. The second kappa shape index (κ2) is 10.0. The number of nitriles is 1. The summed E-state index contributed by atoms with van der Waals surface area (Å²) in [6, 6.07) is 7.97. The Morgan fingerprint density at radius 2 is 2.11 bits per heavy atom. The van der Waals surface area contributed by atoms with Gasteiger partial charge in [0.05, 0.1) is 30.3 Å². The zero-order valence-corrected chi connectivity index (χ0v) is 20.2. The lowest BCUT2D eigenvalue weighted by atomic mass is 10.0. The summed E-state index contributed by atoms with van der Waals surface area (Å²) in [4.78, 5) is 26.4. The average Bonchev–Trinajstić information content (AvgIpc) is 3.80. The van der Waals surface area contributed by atoms with E-state index in [0.29, 0.717) is 67.5 Å². The fourth-order valence-corrected chi connectivity index (χ4v) is 4.80. The molecule has 0 radical (unpaired) electrons. The van der Waals surface area contributed by atoms with Crippen LogP contribution in [-0.4, -0.2) is 60.2 Å². The van der Waals surface area contributed by atoms with Gasteiger partial charge in [0.1, 0.15) is 11.9 Å². The number of hydrogen-bond acceptors (Lipinski definition) is 7. The van der Waals surface area contributed by atoms with Crippen LogP contribution in [0.1, 0.15) is 54.8 Å². The molecule has 2 aliphatic carbocycles. The second-order valence-corrected chi connectivity index (χ2v) is 9.54. The summed E-state index contributed by atoms with van der Waals surface area (Å²) in [6.45, 7) is 6.21. The first-order chi connectivity index (χ1) is 17.1. The number of rotatable bonds is 9. The Bertz CT molecular complexity index is 1150. The standard InChI is InChI=1S/C27H31N5O3/c1-3-18-8-10-29-24(14-18)35-23-15-21(16-28)27(30-26(23)20-6-7-20)31-11-12-32(25(33)9-13-34-2)22(17-31)19-4-5-19/h3,8,10,14-15,19-20,22H,1,4-7,9,11-13,17H2,2H3/t22-/m0/s1. The molecule has 3 heterocycles. The topological polar surface area (TPSA) is 91.6 Å². The van der Waals surface area contributed by atoms with Crippen molar-refractivity contribution in [2.45, 2.75) is 44.1 Å². The van der Waals surface area contributed by atoms with Gasteiger partial charge in [-0.1, -0.05) is 12.7 Å². The number of carbonyl (C=O) groups excluding carboxylic acids is 1. The first-order valence-corrected chi connectivity index (χ1v) is 12.4. The monoisotopic (exact) mass is 473 g/mol. The molecule has 3 fully saturated rings. The van der Waals surface area contributed by atoms with Crippen LogP contribution in [0, 0.1) is 17.2 Å². The molecule has 1 atom stereocenters. The van der Waals surface area contributed by atoms with Crippen LogP contribution in [0.15, 0.2) is 31.0 Å². The number of anilines is 1. The summed E-state index contributed by atoms with van der Waals surface area (Å²) in [5.74, 6) is 2.74. The Hall–Kier alpha value is -3.44. The first kappa shape index (κ1) is 23.3. The van der Waals surface area contributed by atoms with Crippen molar-refractivity contribution in [1.82, 2.24) is 14.9 Å². The number of ether oxygens (including phenoxy) is 2. The van der Waals surface area contributed by atoms with E-state index in [9.17, 15) is 10.1 Å². The van der Waals surface area contributed by atoms with Crippen LogP contribution in [0.5, 0.6) is 11.6 Å². The van der Waals surface area contributed by atoms with Crippen molar-refractivity contribution in [2.24, 2.45) is 5.92 Å². The fraction of sp³-hybridized carbons (Fsp3) is 0.481. The predicted octanol–water partition coefficient (Wildman–Crippen LogP) is 4.12. The molecule has 8 nitrogen and oxygen atoms in total. The van der Waals surface area contributed by atoms with E-state index in [0.717, 1.165) is 36.9 Å². The second-order valence-electron chi connectivity index (χ2n) is 9.54. The molecule has 0 spiro atoms. The Labute approximate surface area is 206 Å². The van der Waals surface area contributed by atoms with E-state index in [-0.39, 0.29) is 11.9 Å². The van der Waals surface area contributed by atoms with Crippen molar-refractivity contribution in [3.63, 3.8) is 0 Å². The molecule has 182 valence electrons. The van der Waals surface area contributed by atoms with Gasteiger partial charge in [-0.15, -0.1) is 0 Å². The Kier molecular flexibility index (Phi) is 6.69. The molecule has 1 aliphatic heterocycles. The summed E-state index contributed by atoms with van der Waals surface area (Å²) in [5, 5.41) is 10.0. The SMILES string of the molecule is C=Cc1ccnc(Oc2cc(C#N)c(N3CCN(C(=O)CCOC)[C@H](C4CC4)C3)nc2C2CC2)c1. The largest absolute Gasteiger partial charge is 0.437 e. The molecule has 0 N–H and O–H groups in total. The zero-order valence-electron chi connectivity index (χ0n) is 20.2. The number of carbonyl (C=O) groups is 1. The van der Waals surface area contributed by atoms with E-state index in [4.69, 9.17) is 14.5 Å². The highest BCUT2D eigenvalue weighted by atomic mass is 16.5. The van der Waals surface area contributed by atoms with E-state index in [1.54, 1.807) is 25.4 Å². The van der Waals surface area contributed by atoms with Gasteiger partial charge in [-0.25, -0.2) is 9.97 Å². The van der Waals surface area contributed by atoms with Crippen molar-refractivity contribution in [1.29, 1.82) is 5.26 Å². The minimum absolute atomic E-state index is 0.146. The molecular weight excluding hydrogens is 442 g/mol. The third-order valence-corrected chi connectivity index (χ3v) is 7.01.